The van der Waals surface area contributed by atoms with E-state index in [1.165, 1.54) is 6.07 Å². The number of rotatable bonds is 7. The molecule has 0 spiro atoms. The predicted octanol–water partition coefficient (Wildman–Crippen LogP) is -0.821. The summed E-state index contributed by atoms with van der Waals surface area (Å²) in [5.74, 6) is 0.350. The number of aromatic nitrogens is 5. The number of carbonyl (C=O) groups excluding carboxylic acids is 2. The summed E-state index contributed by atoms with van der Waals surface area (Å²) in [6.45, 7) is 2.82. The summed E-state index contributed by atoms with van der Waals surface area (Å²) in [6.07, 6.45) is 2.19. The number of hydrogen-bond donors (Lipinski definition) is 1. The highest BCUT2D eigenvalue weighted by Crippen LogP contribution is 2.12. The fourth-order valence-corrected chi connectivity index (χ4v) is 2.64. The van der Waals surface area contributed by atoms with Crippen molar-refractivity contribution < 1.29 is 14.3 Å². The van der Waals surface area contributed by atoms with Crippen LogP contribution < -0.4 is 5.32 Å². The van der Waals surface area contributed by atoms with Crippen LogP contribution in [0.3, 0.4) is 0 Å². The molecule has 134 valence electrons. The van der Waals surface area contributed by atoms with Gasteiger partial charge in [-0.3, -0.25) is 14.3 Å². The molecular formula is C15H21N7O3. The van der Waals surface area contributed by atoms with Crippen molar-refractivity contribution in [3.05, 3.63) is 29.6 Å². The Hall–Kier alpha value is -2.75. The molecule has 0 radical (unpaired) electrons. The number of nitrogens with one attached hydrogen (secondary N) is 1. The lowest BCUT2D eigenvalue weighted by atomic mass is 10.2. The molecule has 0 bridgehead atoms. The molecule has 0 aromatic carbocycles. The van der Waals surface area contributed by atoms with Gasteiger partial charge in [-0.05, 0) is 0 Å². The summed E-state index contributed by atoms with van der Waals surface area (Å²) in [5, 5.41) is 14.9. The second-order valence-corrected chi connectivity index (χ2v) is 5.80. The van der Waals surface area contributed by atoms with Crippen LogP contribution >= 0.6 is 0 Å². The summed E-state index contributed by atoms with van der Waals surface area (Å²) in [7, 11) is 3.37. The Bertz CT molecular complexity index is 767. The van der Waals surface area contributed by atoms with Crippen LogP contribution in [0.15, 0.2) is 12.4 Å². The first-order valence-corrected chi connectivity index (χ1v) is 8.07. The van der Waals surface area contributed by atoms with E-state index in [4.69, 9.17) is 4.74 Å². The monoisotopic (exact) mass is 347 g/mol. The molecule has 1 aliphatic rings. The molecule has 2 aromatic heterocycles. The Morgan fingerprint density at radius 3 is 3.04 bits per heavy atom. The first-order valence-electron chi connectivity index (χ1n) is 8.07. The van der Waals surface area contributed by atoms with E-state index in [-0.39, 0.29) is 17.5 Å². The minimum Gasteiger partial charge on any atom is -0.383 e. The van der Waals surface area contributed by atoms with Crippen molar-refractivity contribution in [1.82, 2.24) is 34.8 Å². The van der Waals surface area contributed by atoms with Crippen LogP contribution in [0.1, 0.15) is 26.8 Å². The molecular weight excluding hydrogens is 326 g/mol. The van der Waals surface area contributed by atoms with E-state index >= 15 is 0 Å². The van der Waals surface area contributed by atoms with Crippen LogP contribution in [0.2, 0.25) is 0 Å². The van der Waals surface area contributed by atoms with E-state index in [2.05, 4.69) is 20.6 Å². The van der Waals surface area contributed by atoms with Crippen LogP contribution in [0.5, 0.6) is 0 Å². The van der Waals surface area contributed by atoms with Crippen LogP contribution in [-0.2, 0) is 24.2 Å². The summed E-state index contributed by atoms with van der Waals surface area (Å²) in [4.78, 5) is 25.9. The lowest BCUT2D eigenvalue weighted by Crippen LogP contribution is -2.37. The largest absolute Gasteiger partial charge is 0.383 e. The Labute approximate surface area is 144 Å². The molecule has 10 nitrogen and oxygen atoms in total. The molecule has 1 aliphatic heterocycles. The molecule has 0 atom stereocenters. The topological polar surface area (TPSA) is 107 Å². The van der Waals surface area contributed by atoms with Crippen LogP contribution in [0.4, 0.5) is 0 Å². The smallest absolute Gasteiger partial charge is 0.271 e. The molecule has 25 heavy (non-hydrogen) atoms. The molecule has 3 rings (SSSR count). The van der Waals surface area contributed by atoms with E-state index in [9.17, 15) is 9.59 Å². The lowest BCUT2D eigenvalue weighted by Gasteiger charge is -2.22. The third kappa shape index (κ3) is 3.68. The molecule has 2 aromatic rings. The molecule has 0 saturated heterocycles. The normalized spacial score (nSPS) is 13.8. The van der Waals surface area contributed by atoms with Gasteiger partial charge in [0.25, 0.3) is 11.8 Å². The van der Waals surface area contributed by atoms with Gasteiger partial charge in [0.1, 0.15) is 17.8 Å². The Morgan fingerprint density at radius 2 is 2.24 bits per heavy atom. The van der Waals surface area contributed by atoms with E-state index in [1.54, 1.807) is 30.1 Å². The highest BCUT2D eigenvalue weighted by atomic mass is 16.5. The van der Waals surface area contributed by atoms with Gasteiger partial charge in [0.15, 0.2) is 5.69 Å². The van der Waals surface area contributed by atoms with Gasteiger partial charge >= 0.3 is 0 Å². The maximum absolute atomic E-state index is 12.3. The third-order valence-corrected chi connectivity index (χ3v) is 4.09. The third-order valence-electron chi connectivity index (χ3n) is 4.09. The Balaban J connectivity index is 1.56. The number of fused-ring (bicyclic) bond motifs is 1. The number of amides is 2. The fraction of sp³-hybridized carbons (Fsp3) is 0.533. The maximum atomic E-state index is 12.3. The molecule has 3 heterocycles. The standard InChI is InChI=1S/C15H21N7O3/c1-20-5-6-22-12(15(20)24)9-11(19-22)14(23)16-4-3-13-18-17-10-21(13)7-8-25-2/h9-10H,3-8H2,1-2H3,(H,16,23). The summed E-state index contributed by atoms with van der Waals surface area (Å²) in [5.41, 5.74) is 0.692. The summed E-state index contributed by atoms with van der Waals surface area (Å²) >= 11 is 0. The van der Waals surface area contributed by atoms with Crippen molar-refractivity contribution in [2.24, 2.45) is 0 Å². The van der Waals surface area contributed by atoms with Crippen molar-refractivity contribution in [3.63, 3.8) is 0 Å². The van der Waals surface area contributed by atoms with Crippen molar-refractivity contribution in [3.8, 4) is 0 Å². The number of hydrogen-bond acceptors (Lipinski definition) is 6. The van der Waals surface area contributed by atoms with E-state index in [1.807, 2.05) is 4.57 Å². The van der Waals surface area contributed by atoms with E-state index in [0.29, 0.717) is 44.9 Å². The quantitative estimate of drug-likeness (QED) is 0.701. The maximum Gasteiger partial charge on any atom is 0.271 e. The zero-order valence-corrected chi connectivity index (χ0v) is 14.3. The molecule has 2 amide bonds. The molecule has 0 unspecified atom stereocenters. The SMILES string of the molecule is COCCn1cnnc1CCNC(=O)c1cc2n(n1)CCN(C)C2=O. The van der Waals surface area contributed by atoms with Crippen molar-refractivity contribution >= 4 is 11.8 Å². The van der Waals surface area contributed by atoms with Gasteiger partial charge in [-0.25, -0.2) is 0 Å². The molecule has 0 saturated carbocycles. The average molecular weight is 347 g/mol. The Morgan fingerprint density at radius 1 is 1.40 bits per heavy atom. The zero-order valence-electron chi connectivity index (χ0n) is 14.3. The van der Waals surface area contributed by atoms with Crippen molar-refractivity contribution in [1.29, 1.82) is 0 Å². The number of methoxy groups -OCH3 is 1. The van der Waals surface area contributed by atoms with Crippen LogP contribution in [0, 0.1) is 0 Å². The molecule has 10 heteroatoms. The van der Waals surface area contributed by atoms with Crippen LogP contribution in [0.25, 0.3) is 0 Å². The van der Waals surface area contributed by atoms with Gasteiger partial charge in [0.05, 0.1) is 13.2 Å². The van der Waals surface area contributed by atoms with Gasteiger partial charge < -0.3 is 19.5 Å². The first kappa shape index (κ1) is 17.1. The van der Waals surface area contributed by atoms with Gasteiger partial charge in [-0.15, -0.1) is 10.2 Å². The highest BCUT2D eigenvalue weighted by Gasteiger charge is 2.25. The molecule has 0 aliphatic carbocycles. The predicted molar refractivity (Wildman–Crippen MR) is 87.1 cm³/mol. The summed E-state index contributed by atoms with van der Waals surface area (Å²) < 4.78 is 8.51. The number of nitrogens with zero attached hydrogens (tertiary/aromatic N) is 6. The second kappa shape index (κ2) is 7.43. The Kier molecular flexibility index (Phi) is 5.08. The minimum atomic E-state index is -0.305. The van der Waals surface area contributed by atoms with Gasteiger partial charge in [-0.2, -0.15) is 5.10 Å². The second-order valence-electron chi connectivity index (χ2n) is 5.80. The van der Waals surface area contributed by atoms with Gasteiger partial charge in [0.2, 0.25) is 0 Å². The van der Waals surface area contributed by atoms with E-state index < -0.39 is 0 Å². The van der Waals surface area contributed by atoms with Gasteiger partial charge in [-0.1, -0.05) is 0 Å². The molecule has 1 N–H and O–H groups in total. The molecule has 0 fully saturated rings. The van der Waals surface area contributed by atoms with E-state index in [0.717, 1.165) is 5.82 Å². The zero-order chi connectivity index (χ0) is 17.8. The number of likely N-dealkylation sites (N-methyl/N-ethyl adjacent to an activating group) is 1. The van der Waals surface area contributed by atoms with Crippen molar-refractivity contribution in [2.45, 2.75) is 19.5 Å². The minimum absolute atomic E-state index is 0.121. The van der Waals surface area contributed by atoms with Crippen LogP contribution in [-0.4, -0.2) is 75.1 Å². The highest BCUT2D eigenvalue weighted by molar-refractivity contribution is 5.98. The fourth-order valence-electron chi connectivity index (χ4n) is 2.64. The van der Waals surface area contributed by atoms with Gasteiger partial charge in [0, 0.05) is 46.3 Å². The lowest BCUT2D eigenvalue weighted by molar-refractivity contribution is 0.0742. The number of ether oxygens (including phenoxy) is 1. The summed E-state index contributed by atoms with van der Waals surface area (Å²) in [6, 6.07) is 1.54. The first-order chi connectivity index (χ1) is 12.1. The average Bonchev–Trinajstić information content (AvgIpc) is 3.23. The number of carbonyl (C=O) groups is 2. The van der Waals surface area contributed by atoms with Crippen molar-refractivity contribution in [2.75, 3.05) is 33.9 Å².